The number of Topliss-reactive ketones (excluding diaryl/α,β-unsaturated/α-hetero) is 1. The quantitative estimate of drug-likeness (QED) is 0.177. The summed E-state index contributed by atoms with van der Waals surface area (Å²) in [7, 11) is 0. The molecule has 0 amide bonds. The van der Waals surface area contributed by atoms with Crippen molar-refractivity contribution in [2.45, 2.75) is 46.0 Å². The number of ketones is 1. The Hall–Kier alpha value is -2.09. The van der Waals surface area contributed by atoms with Crippen LogP contribution in [0.4, 0.5) is 17.6 Å². The van der Waals surface area contributed by atoms with Gasteiger partial charge in [-0.15, -0.1) is 0 Å². The van der Waals surface area contributed by atoms with E-state index in [0.29, 0.717) is 30.8 Å². The Morgan fingerprint density at radius 3 is 2.45 bits per heavy atom. The minimum absolute atomic E-state index is 0.0310. The second-order valence-corrected chi connectivity index (χ2v) is 7.47. The van der Waals surface area contributed by atoms with Crippen molar-refractivity contribution in [3.63, 3.8) is 0 Å². The van der Waals surface area contributed by atoms with E-state index in [1.165, 1.54) is 12.1 Å². The van der Waals surface area contributed by atoms with Gasteiger partial charge >= 0.3 is 0 Å². The van der Waals surface area contributed by atoms with Crippen LogP contribution >= 0.6 is 0 Å². The van der Waals surface area contributed by atoms with Gasteiger partial charge in [0.05, 0.1) is 24.9 Å². The van der Waals surface area contributed by atoms with E-state index in [1.807, 2.05) is 6.92 Å². The maximum atomic E-state index is 13.3. The Bertz CT molecular complexity index is 732. The van der Waals surface area contributed by atoms with Crippen molar-refractivity contribution in [3.8, 4) is 0 Å². The fourth-order valence-electron chi connectivity index (χ4n) is 2.89. The van der Waals surface area contributed by atoms with Crippen molar-refractivity contribution in [2.75, 3.05) is 19.8 Å². The fourth-order valence-corrected chi connectivity index (χ4v) is 2.89. The Morgan fingerprint density at radius 1 is 1.28 bits per heavy atom. The van der Waals surface area contributed by atoms with Gasteiger partial charge in [0, 0.05) is 18.4 Å². The maximum Gasteiger partial charge on any atom is 0.255 e. The first-order valence-corrected chi connectivity index (χ1v) is 9.79. The summed E-state index contributed by atoms with van der Waals surface area (Å²) in [4.78, 5) is 12.9. The van der Waals surface area contributed by atoms with Crippen molar-refractivity contribution < 1.29 is 27.1 Å². The Balaban J connectivity index is 2.02. The summed E-state index contributed by atoms with van der Waals surface area (Å²) in [5, 5.41) is 6.06. The van der Waals surface area contributed by atoms with E-state index in [9.17, 15) is 22.4 Å². The van der Waals surface area contributed by atoms with Crippen molar-refractivity contribution in [1.82, 2.24) is 10.6 Å². The van der Waals surface area contributed by atoms with Crippen molar-refractivity contribution >= 4 is 5.78 Å². The molecule has 2 rings (SSSR count). The number of hydrogen-bond acceptors (Lipinski definition) is 4. The maximum absolute atomic E-state index is 13.3. The largest absolute Gasteiger partial charge is 0.488 e. The summed E-state index contributed by atoms with van der Waals surface area (Å²) >= 11 is 0. The third-order valence-electron chi connectivity index (χ3n) is 4.91. The highest BCUT2D eigenvalue weighted by atomic mass is 19.3. The molecule has 162 valence electrons. The van der Waals surface area contributed by atoms with Gasteiger partial charge in [-0.3, -0.25) is 4.79 Å². The summed E-state index contributed by atoms with van der Waals surface area (Å²) in [6.45, 7) is 6.17. The number of nitrogens with one attached hydrogen (secondary N) is 2. The lowest BCUT2D eigenvalue weighted by Crippen LogP contribution is -2.30. The predicted octanol–water partition coefficient (Wildman–Crippen LogP) is 4.16. The molecule has 2 N–H and O–H groups in total. The topological polar surface area (TPSA) is 50.4 Å². The SMILES string of the molecule is CCNCN/C(C)=C(\OCC1CC1(F)F)C(=O)[C@@H](C)CCc1cc(F)cc(F)c1. The molecule has 0 heterocycles. The zero-order valence-corrected chi connectivity index (χ0v) is 17.0. The Labute approximate surface area is 168 Å². The molecule has 29 heavy (non-hydrogen) atoms. The van der Waals surface area contributed by atoms with Gasteiger partial charge in [-0.05, 0) is 44.0 Å². The second-order valence-electron chi connectivity index (χ2n) is 7.47. The molecule has 2 atom stereocenters. The van der Waals surface area contributed by atoms with Crippen LogP contribution in [0.5, 0.6) is 0 Å². The van der Waals surface area contributed by atoms with E-state index in [4.69, 9.17) is 4.74 Å². The molecular weight excluding hydrogens is 388 g/mol. The van der Waals surface area contributed by atoms with Crippen molar-refractivity contribution in [2.24, 2.45) is 11.8 Å². The molecule has 0 saturated heterocycles. The van der Waals surface area contributed by atoms with Crippen LogP contribution < -0.4 is 10.6 Å². The van der Waals surface area contributed by atoms with Crippen molar-refractivity contribution in [1.29, 1.82) is 0 Å². The van der Waals surface area contributed by atoms with Crippen LogP contribution in [0.3, 0.4) is 0 Å². The van der Waals surface area contributed by atoms with E-state index in [0.717, 1.165) is 12.6 Å². The van der Waals surface area contributed by atoms with Gasteiger partial charge in [0.2, 0.25) is 5.78 Å². The minimum Gasteiger partial charge on any atom is -0.488 e. The molecule has 1 saturated carbocycles. The Morgan fingerprint density at radius 2 is 1.90 bits per heavy atom. The molecule has 0 bridgehead atoms. The van der Waals surface area contributed by atoms with E-state index >= 15 is 0 Å². The molecule has 1 aromatic rings. The van der Waals surface area contributed by atoms with Gasteiger partial charge in [-0.2, -0.15) is 0 Å². The summed E-state index contributed by atoms with van der Waals surface area (Å²) < 4.78 is 58.5. The first-order chi connectivity index (χ1) is 13.6. The highest BCUT2D eigenvalue weighted by Gasteiger charge is 2.57. The zero-order chi connectivity index (χ0) is 21.6. The van der Waals surface area contributed by atoms with Gasteiger partial charge in [0.15, 0.2) is 5.76 Å². The second kappa shape index (κ2) is 10.1. The highest BCUT2D eigenvalue weighted by molar-refractivity contribution is 5.95. The molecule has 0 aliphatic heterocycles. The number of hydrogen-bond donors (Lipinski definition) is 2. The number of rotatable bonds is 12. The number of benzene rings is 1. The summed E-state index contributed by atoms with van der Waals surface area (Å²) in [6, 6.07) is 3.25. The van der Waals surface area contributed by atoms with Crippen LogP contribution in [0, 0.1) is 23.5 Å². The number of carbonyl (C=O) groups excluding carboxylic acids is 1. The normalized spacial score (nSPS) is 19.3. The molecule has 1 unspecified atom stereocenters. The van der Waals surface area contributed by atoms with E-state index < -0.39 is 29.4 Å². The number of ether oxygens (including phenoxy) is 1. The van der Waals surface area contributed by atoms with Crippen LogP contribution in [0.2, 0.25) is 0 Å². The van der Waals surface area contributed by atoms with Gasteiger partial charge in [-0.25, -0.2) is 17.6 Å². The van der Waals surface area contributed by atoms with E-state index in [1.54, 1.807) is 13.8 Å². The first kappa shape index (κ1) is 23.2. The van der Waals surface area contributed by atoms with Crippen molar-refractivity contribution in [3.05, 3.63) is 46.9 Å². The molecule has 0 radical (unpaired) electrons. The van der Waals surface area contributed by atoms with Gasteiger partial charge in [0.25, 0.3) is 5.92 Å². The molecule has 1 fully saturated rings. The third-order valence-corrected chi connectivity index (χ3v) is 4.91. The van der Waals surface area contributed by atoms with Crippen LogP contribution in [-0.2, 0) is 16.0 Å². The van der Waals surface area contributed by atoms with Gasteiger partial charge in [-0.1, -0.05) is 13.8 Å². The molecule has 0 aromatic heterocycles. The summed E-state index contributed by atoms with van der Waals surface area (Å²) in [5.41, 5.74) is 0.914. The fraction of sp³-hybridized carbons (Fsp3) is 0.571. The van der Waals surface area contributed by atoms with Gasteiger partial charge < -0.3 is 15.4 Å². The van der Waals surface area contributed by atoms with E-state index in [-0.39, 0.29) is 24.6 Å². The van der Waals surface area contributed by atoms with Crippen LogP contribution in [0.15, 0.2) is 29.7 Å². The highest BCUT2D eigenvalue weighted by Crippen LogP contribution is 2.48. The third kappa shape index (κ3) is 7.03. The summed E-state index contributed by atoms with van der Waals surface area (Å²) in [5.74, 6) is -5.75. The minimum atomic E-state index is -2.73. The zero-order valence-electron chi connectivity index (χ0n) is 17.0. The number of aryl methyl sites for hydroxylation is 1. The lowest BCUT2D eigenvalue weighted by atomic mass is 9.95. The molecule has 1 aliphatic rings. The number of alkyl halides is 2. The van der Waals surface area contributed by atoms with Crippen LogP contribution in [0.25, 0.3) is 0 Å². The molecular formula is C21H28F4N2O2. The molecule has 1 aromatic carbocycles. The number of carbonyl (C=O) groups is 1. The summed E-state index contributed by atoms with van der Waals surface area (Å²) in [6.07, 6.45) is 0.410. The molecule has 0 spiro atoms. The molecule has 1 aliphatic carbocycles. The van der Waals surface area contributed by atoms with E-state index in [2.05, 4.69) is 10.6 Å². The lowest BCUT2D eigenvalue weighted by Gasteiger charge is -2.18. The number of allylic oxidation sites excluding steroid dienone is 2. The average molecular weight is 416 g/mol. The average Bonchev–Trinajstić information content (AvgIpc) is 3.25. The first-order valence-electron chi connectivity index (χ1n) is 9.79. The van der Waals surface area contributed by atoms with Crippen LogP contribution in [-0.4, -0.2) is 31.5 Å². The monoisotopic (exact) mass is 416 g/mol. The Kier molecular flexibility index (Phi) is 8.07. The molecule has 4 nitrogen and oxygen atoms in total. The molecule has 8 heteroatoms. The van der Waals surface area contributed by atoms with Crippen LogP contribution in [0.1, 0.15) is 39.2 Å². The predicted molar refractivity (Wildman–Crippen MR) is 102 cm³/mol. The smallest absolute Gasteiger partial charge is 0.255 e. The standard InChI is InChI=1S/C21H28F4N2O2/c1-4-26-12-27-14(3)20(29-11-16-10-21(16,24)25)19(28)13(2)5-6-15-7-17(22)9-18(23)8-15/h7-9,13,16,26-27H,4-6,10-12H2,1-3H3/b20-14-/t13-,16?/m0/s1. The van der Waals surface area contributed by atoms with Gasteiger partial charge in [0.1, 0.15) is 11.6 Å². The lowest BCUT2D eigenvalue weighted by molar-refractivity contribution is -0.122. The number of halogens is 4.